The van der Waals surface area contributed by atoms with Crippen molar-refractivity contribution in [2.24, 2.45) is 0 Å². The maximum atomic E-state index is 11.7. The quantitative estimate of drug-likeness (QED) is 0.904. The van der Waals surface area contributed by atoms with Gasteiger partial charge < -0.3 is 4.74 Å². The molecular formula is C16H25N3O2. The number of ether oxygens (including phenoxy) is 1. The van der Waals surface area contributed by atoms with Crippen molar-refractivity contribution < 1.29 is 9.53 Å². The Balaban J connectivity index is 1.97. The molecule has 2 heterocycles. The summed E-state index contributed by atoms with van der Waals surface area (Å²) in [5.74, 6) is 0.520. The second-order valence-corrected chi connectivity index (χ2v) is 6.60. The molecule has 1 aromatic rings. The van der Waals surface area contributed by atoms with Crippen LogP contribution in [0.25, 0.3) is 0 Å². The average Bonchev–Trinajstić information content (AvgIpc) is 2.38. The second-order valence-electron chi connectivity index (χ2n) is 6.60. The van der Waals surface area contributed by atoms with E-state index in [0.29, 0.717) is 11.9 Å². The Kier molecular flexibility index (Phi) is 4.83. The van der Waals surface area contributed by atoms with E-state index in [9.17, 15) is 4.79 Å². The number of amides is 1. The predicted molar refractivity (Wildman–Crippen MR) is 83.3 cm³/mol. The summed E-state index contributed by atoms with van der Waals surface area (Å²) in [6.45, 7) is 6.63. The Morgan fingerprint density at radius 1 is 1.38 bits per heavy atom. The van der Waals surface area contributed by atoms with Crippen LogP contribution in [0.4, 0.5) is 10.6 Å². The third kappa shape index (κ3) is 4.70. The van der Waals surface area contributed by atoms with Gasteiger partial charge >= 0.3 is 6.09 Å². The van der Waals surface area contributed by atoms with Crippen molar-refractivity contribution in [3.63, 3.8) is 0 Å². The molecule has 1 atom stereocenters. The molecule has 1 aliphatic heterocycles. The van der Waals surface area contributed by atoms with Crippen LogP contribution in [0.3, 0.4) is 0 Å². The van der Waals surface area contributed by atoms with Gasteiger partial charge in [0.1, 0.15) is 11.4 Å². The van der Waals surface area contributed by atoms with Crippen molar-refractivity contribution in [3.8, 4) is 0 Å². The molecule has 1 aromatic heterocycles. The first-order chi connectivity index (χ1) is 9.85. The molecular weight excluding hydrogens is 266 g/mol. The number of nitrogens with zero attached hydrogens (tertiary/aromatic N) is 2. The van der Waals surface area contributed by atoms with Crippen molar-refractivity contribution in [1.29, 1.82) is 0 Å². The third-order valence-corrected chi connectivity index (χ3v) is 3.57. The number of aromatic nitrogens is 1. The van der Waals surface area contributed by atoms with Gasteiger partial charge in [-0.1, -0.05) is 12.5 Å². The normalized spacial score (nSPS) is 20.1. The Labute approximate surface area is 126 Å². The minimum atomic E-state index is -0.505. The highest BCUT2D eigenvalue weighted by molar-refractivity contribution is 5.83. The van der Waals surface area contributed by atoms with Crippen LogP contribution < -0.4 is 5.32 Å². The molecule has 0 spiro atoms. The van der Waals surface area contributed by atoms with Gasteiger partial charge in [0.2, 0.25) is 0 Å². The first kappa shape index (κ1) is 15.8. The molecule has 0 radical (unpaired) electrons. The molecule has 1 saturated heterocycles. The van der Waals surface area contributed by atoms with Gasteiger partial charge in [-0.15, -0.1) is 0 Å². The maximum Gasteiger partial charge on any atom is 0.413 e. The van der Waals surface area contributed by atoms with Gasteiger partial charge in [-0.25, -0.2) is 9.78 Å². The van der Waals surface area contributed by atoms with Gasteiger partial charge in [0, 0.05) is 12.2 Å². The fourth-order valence-electron chi connectivity index (χ4n) is 2.58. The molecule has 5 nitrogen and oxygen atoms in total. The SMILES string of the molecule is CN1CCCC[C@@H]1c1ccc(NC(=O)OC(C)(C)C)nc1. The summed E-state index contributed by atoms with van der Waals surface area (Å²) in [4.78, 5) is 18.4. The lowest BCUT2D eigenvalue weighted by Crippen LogP contribution is -2.29. The largest absolute Gasteiger partial charge is 0.444 e. The molecule has 0 aromatic carbocycles. The van der Waals surface area contributed by atoms with E-state index in [1.165, 1.54) is 18.4 Å². The van der Waals surface area contributed by atoms with Crippen LogP contribution in [-0.2, 0) is 4.74 Å². The van der Waals surface area contributed by atoms with E-state index in [1.54, 1.807) is 0 Å². The van der Waals surface area contributed by atoms with E-state index in [-0.39, 0.29) is 0 Å². The first-order valence-electron chi connectivity index (χ1n) is 7.51. The van der Waals surface area contributed by atoms with Crippen LogP contribution in [0.1, 0.15) is 51.6 Å². The third-order valence-electron chi connectivity index (χ3n) is 3.57. The summed E-state index contributed by atoms with van der Waals surface area (Å²) >= 11 is 0. The monoisotopic (exact) mass is 291 g/mol. The zero-order valence-corrected chi connectivity index (χ0v) is 13.3. The van der Waals surface area contributed by atoms with Crippen molar-refractivity contribution in [2.45, 2.75) is 51.7 Å². The van der Waals surface area contributed by atoms with Crippen LogP contribution >= 0.6 is 0 Å². The zero-order chi connectivity index (χ0) is 15.5. The minimum Gasteiger partial charge on any atom is -0.444 e. The lowest BCUT2D eigenvalue weighted by Gasteiger charge is -2.32. The second kappa shape index (κ2) is 6.43. The number of rotatable bonds is 2. The van der Waals surface area contributed by atoms with Gasteiger partial charge in [-0.2, -0.15) is 0 Å². The van der Waals surface area contributed by atoms with E-state index in [0.717, 1.165) is 13.0 Å². The Morgan fingerprint density at radius 3 is 2.71 bits per heavy atom. The molecule has 1 aliphatic rings. The summed E-state index contributed by atoms with van der Waals surface area (Å²) in [6, 6.07) is 4.30. The van der Waals surface area contributed by atoms with E-state index in [1.807, 2.05) is 39.1 Å². The van der Waals surface area contributed by atoms with Crippen molar-refractivity contribution in [3.05, 3.63) is 23.9 Å². The molecule has 5 heteroatoms. The number of anilines is 1. The first-order valence-corrected chi connectivity index (χ1v) is 7.51. The number of piperidine rings is 1. The van der Waals surface area contributed by atoms with Crippen LogP contribution in [0.15, 0.2) is 18.3 Å². The molecule has 21 heavy (non-hydrogen) atoms. The molecule has 1 amide bonds. The summed E-state index contributed by atoms with van der Waals surface area (Å²) in [5, 5.41) is 2.65. The summed E-state index contributed by atoms with van der Waals surface area (Å²) < 4.78 is 5.21. The smallest absolute Gasteiger partial charge is 0.413 e. The van der Waals surface area contributed by atoms with Gasteiger partial charge in [0.15, 0.2) is 0 Å². The molecule has 0 aliphatic carbocycles. The Hall–Kier alpha value is -1.62. The summed E-state index contributed by atoms with van der Waals surface area (Å²) in [6.07, 6.45) is 5.06. The number of pyridine rings is 1. The average molecular weight is 291 g/mol. The lowest BCUT2D eigenvalue weighted by molar-refractivity contribution is 0.0635. The molecule has 0 unspecified atom stereocenters. The lowest BCUT2D eigenvalue weighted by atomic mass is 9.97. The highest BCUT2D eigenvalue weighted by Crippen LogP contribution is 2.29. The topological polar surface area (TPSA) is 54.5 Å². The number of carbonyl (C=O) groups is 1. The summed E-state index contributed by atoms with van der Waals surface area (Å²) in [7, 11) is 2.15. The molecule has 0 bridgehead atoms. The van der Waals surface area contributed by atoms with E-state index in [2.05, 4.69) is 22.2 Å². The van der Waals surface area contributed by atoms with E-state index < -0.39 is 11.7 Å². The summed E-state index contributed by atoms with van der Waals surface area (Å²) in [5.41, 5.74) is 0.696. The Bertz CT molecular complexity index is 479. The molecule has 1 N–H and O–H groups in total. The van der Waals surface area contributed by atoms with Crippen molar-refractivity contribution in [1.82, 2.24) is 9.88 Å². The minimum absolute atomic E-state index is 0.432. The van der Waals surface area contributed by atoms with Crippen molar-refractivity contribution in [2.75, 3.05) is 18.9 Å². The van der Waals surface area contributed by atoms with E-state index >= 15 is 0 Å². The van der Waals surface area contributed by atoms with Gasteiger partial charge in [-0.3, -0.25) is 10.2 Å². The maximum absolute atomic E-state index is 11.7. The molecule has 116 valence electrons. The van der Waals surface area contributed by atoms with Crippen LogP contribution in [0, 0.1) is 0 Å². The van der Waals surface area contributed by atoms with Crippen LogP contribution in [0.2, 0.25) is 0 Å². The van der Waals surface area contributed by atoms with Gasteiger partial charge in [-0.05, 0) is 58.8 Å². The number of carbonyl (C=O) groups excluding carboxylic acids is 1. The number of hydrogen-bond donors (Lipinski definition) is 1. The number of nitrogens with one attached hydrogen (secondary N) is 1. The standard InChI is InChI=1S/C16H25N3O2/c1-16(2,3)21-15(20)18-14-9-8-12(11-17-14)13-7-5-6-10-19(13)4/h8-9,11,13H,5-7,10H2,1-4H3,(H,17,18,20)/t13-/m1/s1. The molecule has 1 fully saturated rings. The Morgan fingerprint density at radius 2 is 2.14 bits per heavy atom. The predicted octanol–water partition coefficient (Wildman–Crippen LogP) is 3.59. The van der Waals surface area contributed by atoms with Gasteiger partial charge in [0.05, 0.1) is 0 Å². The number of hydrogen-bond acceptors (Lipinski definition) is 4. The van der Waals surface area contributed by atoms with Crippen LogP contribution in [0.5, 0.6) is 0 Å². The fraction of sp³-hybridized carbons (Fsp3) is 0.625. The van der Waals surface area contributed by atoms with Gasteiger partial charge in [0.25, 0.3) is 0 Å². The molecule has 0 saturated carbocycles. The van der Waals surface area contributed by atoms with Crippen molar-refractivity contribution >= 4 is 11.9 Å². The van der Waals surface area contributed by atoms with Crippen LogP contribution in [-0.4, -0.2) is 35.2 Å². The highest BCUT2D eigenvalue weighted by atomic mass is 16.6. The zero-order valence-electron chi connectivity index (χ0n) is 13.3. The highest BCUT2D eigenvalue weighted by Gasteiger charge is 2.21. The molecule has 2 rings (SSSR count). The number of likely N-dealkylation sites (tertiary alicyclic amines) is 1. The fourth-order valence-corrected chi connectivity index (χ4v) is 2.58. The van der Waals surface area contributed by atoms with E-state index in [4.69, 9.17) is 4.74 Å².